The minimum Gasteiger partial charge on any atom is -0.454 e. The van der Waals surface area contributed by atoms with Crippen LogP contribution in [-0.2, 0) is 27.8 Å². The Morgan fingerprint density at radius 1 is 0.939 bits per heavy atom. The number of aryl methyl sites for hydroxylation is 1. The summed E-state index contributed by atoms with van der Waals surface area (Å²) >= 11 is 0. The number of piperazine rings is 1. The largest absolute Gasteiger partial charge is 0.454 e. The Kier molecular flexibility index (Phi) is 6.27. The fraction of sp³-hybridized carbons (Fsp3) is 0.458. The third-order valence-corrected chi connectivity index (χ3v) is 7.86. The molecule has 2 aromatic carbocycles. The van der Waals surface area contributed by atoms with Crippen LogP contribution in [0.25, 0.3) is 0 Å². The first-order valence-corrected chi connectivity index (χ1v) is 12.9. The highest BCUT2D eigenvalue weighted by Crippen LogP contribution is 2.32. The van der Waals surface area contributed by atoms with E-state index in [0.717, 1.165) is 49.5 Å². The van der Waals surface area contributed by atoms with Crippen LogP contribution < -0.4 is 14.2 Å². The molecule has 1 amide bonds. The first-order valence-electron chi connectivity index (χ1n) is 11.5. The number of hydrogen-bond donors (Lipinski definition) is 1. The molecule has 0 bridgehead atoms. The fourth-order valence-corrected chi connectivity index (χ4v) is 5.49. The maximum Gasteiger partial charge on any atom is 0.240 e. The van der Waals surface area contributed by atoms with Gasteiger partial charge >= 0.3 is 0 Å². The molecule has 0 unspecified atom stereocenters. The molecule has 1 aliphatic carbocycles. The second-order valence-electron chi connectivity index (χ2n) is 8.88. The third-order valence-electron chi connectivity index (χ3n) is 6.33. The second-order valence-corrected chi connectivity index (χ2v) is 10.6. The van der Waals surface area contributed by atoms with Gasteiger partial charge in [-0.15, -0.1) is 0 Å². The van der Waals surface area contributed by atoms with Crippen LogP contribution in [0.5, 0.6) is 11.5 Å². The van der Waals surface area contributed by atoms with E-state index in [-0.39, 0.29) is 23.6 Å². The fourth-order valence-electron chi connectivity index (χ4n) is 4.19. The van der Waals surface area contributed by atoms with Gasteiger partial charge in [-0.05, 0) is 54.7 Å². The molecule has 0 aromatic heterocycles. The molecular formula is C24H29N3O5S. The smallest absolute Gasteiger partial charge is 0.240 e. The highest BCUT2D eigenvalue weighted by atomic mass is 32.2. The van der Waals surface area contributed by atoms with Crippen LogP contribution in [0, 0.1) is 0 Å². The van der Waals surface area contributed by atoms with Crippen molar-refractivity contribution in [3.8, 4) is 11.5 Å². The summed E-state index contributed by atoms with van der Waals surface area (Å²) in [7, 11) is -3.44. The van der Waals surface area contributed by atoms with E-state index in [9.17, 15) is 13.2 Å². The summed E-state index contributed by atoms with van der Waals surface area (Å²) in [5.74, 6) is 1.73. The van der Waals surface area contributed by atoms with E-state index in [2.05, 4.69) is 15.7 Å². The van der Waals surface area contributed by atoms with E-state index < -0.39 is 10.0 Å². The van der Waals surface area contributed by atoms with Crippen molar-refractivity contribution >= 4 is 15.9 Å². The highest BCUT2D eigenvalue weighted by molar-refractivity contribution is 7.89. The van der Waals surface area contributed by atoms with Gasteiger partial charge in [0.15, 0.2) is 11.5 Å². The number of benzene rings is 2. The average Bonchev–Trinajstić information content (AvgIpc) is 3.50. The Labute approximate surface area is 194 Å². The van der Waals surface area contributed by atoms with Gasteiger partial charge in [-0.25, -0.2) is 13.1 Å². The molecule has 0 spiro atoms. The lowest BCUT2D eigenvalue weighted by Crippen LogP contribution is -2.48. The van der Waals surface area contributed by atoms with Crippen molar-refractivity contribution in [1.29, 1.82) is 0 Å². The van der Waals surface area contributed by atoms with Gasteiger partial charge in [0.2, 0.25) is 22.7 Å². The van der Waals surface area contributed by atoms with Gasteiger partial charge in [0.25, 0.3) is 0 Å². The number of nitrogens with zero attached hydrogens (tertiary/aromatic N) is 2. The molecule has 1 saturated heterocycles. The number of amides is 1. The van der Waals surface area contributed by atoms with Crippen LogP contribution in [0.1, 0.15) is 30.4 Å². The van der Waals surface area contributed by atoms with E-state index in [0.29, 0.717) is 25.9 Å². The van der Waals surface area contributed by atoms with Crippen molar-refractivity contribution in [2.45, 2.75) is 43.2 Å². The second kappa shape index (κ2) is 9.32. The molecule has 33 heavy (non-hydrogen) atoms. The molecule has 2 aliphatic heterocycles. The minimum atomic E-state index is -3.44. The van der Waals surface area contributed by atoms with Crippen LogP contribution in [-0.4, -0.2) is 63.1 Å². The number of sulfonamides is 1. The van der Waals surface area contributed by atoms with Gasteiger partial charge in [-0.1, -0.05) is 18.2 Å². The predicted octanol–water partition coefficient (Wildman–Crippen LogP) is 2.13. The maximum absolute atomic E-state index is 12.7. The summed E-state index contributed by atoms with van der Waals surface area (Å²) in [6, 6.07) is 13.0. The molecule has 3 aliphatic rings. The number of fused-ring (bicyclic) bond motifs is 1. The Balaban J connectivity index is 1.07. The molecule has 176 valence electrons. The monoisotopic (exact) mass is 471 g/mol. The van der Waals surface area contributed by atoms with E-state index in [4.69, 9.17) is 9.47 Å². The first-order chi connectivity index (χ1) is 16.0. The van der Waals surface area contributed by atoms with Crippen LogP contribution in [0.15, 0.2) is 47.4 Å². The highest BCUT2D eigenvalue weighted by Gasteiger charge is 2.28. The van der Waals surface area contributed by atoms with Gasteiger partial charge in [0.1, 0.15) is 0 Å². The molecule has 8 nitrogen and oxygen atoms in total. The van der Waals surface area contributed by atoms with Crippen LogP contribution in [0.3, 0.4) is 0 Å². The number of nitrogens with one attached hydrogen (secondary N) is 1. The lowest BCUT2D eigenvalue weighted by Gasteiger charge is -2.35. The topological polar surface area (TPSA) is 88.2 Å². The molecule has 0 radical (unpaired) electrons. The Morgan fingerprint density at radius 3 is 2.36 bits per heavy atom. The van der Waals surface area contributed by atoms with Gasteiger partial charge in [-0.3, -0.25) is 9.69 Å². The van der Waals surface area contributed by atoms with Crippen molar-refractivity contribution in [3.63, 3.8) is 0 Å². The zero-order chi connectivity index (χ0) is 22.8. The maximum atomic E-state index is 12.7. The lowest BCUT2D eigenvalue weighted by atomic mass is 10.1. The minimum absolute atomic E-state index is 0.0878. The Morgan fingerprint density at radius 2 is 1.64 bits per heavy atom. The molecular weight excluding hydrogens is 442 g/mol. The SMILES string of the molecule is O=C(CCc1ccc(S(=O)(=O)NC2CC2)cc1)N1CCN(Cc2ccc3c(c2)OCO3)CC1. The summed E-state index contributed by atoms with van der Waals surface area (Å²) in [6.45, 7) is 4.20. The molecule has 1 saturated carbocycles. The number of carbonyl (C=O) groups excluding carboxylic acids is 1. The van der Waals surface area contributed by atoms with E-state index in [1.807, 2.05) is 17.0 Å². The summed E-state index contributed by atoms with van der Waals surface area (Å²) in [6.07, 6.45) is 2.85. The standard InChI is InChI=1S/C24H29N3O5S/c28-24(10-4-18-1-7-21(8-2-18)33(29,30)25-20-5-6-20)27-13-11-26(12-14-27)16-19-3-9-22-23(15-19)32-17-31-22/h1-3,7-9,15,20,25H,4-6,10-14,16-17H2. The van der Waals surface area contributed by atoms with Crippen LogP contribution in [0.4, 0.5) is 0 Å². The quantitative estimate of drug-likeness (QED) is 0.635. The zero-order valence-electron chi connectivity index (χ0n) is 18.5. The molecule has 2 heterocycles. The third kappa shape index (κ3) is 5.48. The van der Waals surface area contributed by atoms with Gasteiger partial charge < -0.3 is 14.4 Å². The molecule has 2 aromatic rings. The summed E-state index contributed by atoms with van der Waals surface area (Å²) < 4.78 is 38.0. The van der Waals surface area contributed by atoms with Crippen molar-refractivity contribution in [1.82, 2.24) is 14.5 Å². The summed E-state index contributed by atoms with van der Waals surface area (Å²) in [4.78, 5) is 17.2. The molecule has 9 heteroatoms. The average molecular weight is 472 g/mol. The number of hydrogen-bond acceptors (Lipinski definition) is 6. The van der Waals surface area contributed by atoms with Gasteiger partial charge in [-0.2, -0.15) is 0 Å². The van der Waals surface area contributed by atoms with E-state index >= 15 is 0 Å². The van der Waals surface area contributed by atoms with Gasteiger partial charge in [0, 0.05) is 45.2 Å². The Hall–Kier alpha value is -2.62. The molecule has 2 fully saturated rings. The van der Waals surface area contributed by atoms with Crippen molar-refractivity contribution in [2.75, 3.05) is 33.0 Å². The summed E-state index contributed by atoms with van der Waals surface area (Å²) in [5.41, 5.74) is 2.15. The molecule has 1 N–H and O–H groups in total. The number of rotatable bonds is 8. The van der Waals surface area contributed by atoms with E-state index in [1.54, 1.807) is 24.3 Å². The normalized spacial score (nSPS) is 18.5. The Bertz CT molecular complexity index is 1110. The van der Waals surface area contributed by atoms with Crippen molar-refractivity contribution in [3.05, 3.63) is 53.6 Å². The van der Waals surface area contributed by atoms with Crippen molar-refractivity contribution < 1.29 is 22.7 Å². The van der Waals surface area contributed by atoms with Crippen molar-refractivity contribution in [2.24, 2.45) is 0 Å². The zero-order valence-corrected chi connectivity index (χ0v) is 19.4. The first kappa shape index (κ1) is 22.2. The van der Waals surface area contributed by atoms with Gasteiger partial charge in [0.05, 0.1) is 4.90 Å². The molecule has 0 atom stereocenters. The van der Waals surface area contributed by atoms with Crippen LogP contribution in [0.2, 0.25) is 0 Å². The number of carbonyl (C=O) groups is 1. The molecule has 5 rings (SSSR count). The van der Waals surface area contributed by atoms with Crippen LogP contribution >= 0.6 is 0 Å². The van der Waals surface area contributed by atoms with E-state index in [1.165, 1.54) is 5.56 Å². The summed E-state index contributed by atoms with van der Waals surface area (Å²) in [5, 5.41) is 0. The predicted molar refractivity (Wildman–Crippen MR) is 123 cm³/mol. The lowest BCUT2D eigenvalue weighted by molar-refractivity contribution is -0.133. The number of ether oxygens (including phenoxy) is 2.